The van der Waals surface area contributed by atoms with Crippen LogP contribution >= 0.6 is 0 Å². The summed E-state index contributed by atoms with van der Waals surface area (Å²) in [6.45, 7) is 1.40. The average Bonchev–Trinajstić information content (AvgIpc) is 2.46. The molecule has 0 saturated heterocycles. The van der Waals surface area contributed by atoms with Gasteiger partial charge in [-0.15, -0.1) is 0 Å². The first-order valence-electron chi connectivity index (χ1n) is 6.20. The van der Waals surface area contributed by atoms with E-state index in [2.05, 4.69) is 0 Å². The van der Waals surface area contributed by atoms with Gasteiger partial charge in [0.15, 0.2) is 11.4 Å². The summed E-state index contributed by atoms with van der Waals surface area (Å²) in [6.07, 6.45) is 4.62. The standard InChI is InChI=1S/C15H16O4/c1-12(16)15(9-5-6-10-19-15)11-18-14(17)13-7-3-2-4-8-13/h2-4,6-8,10H,5,9,11H2,1H3. The zero-order valence-corrected chi connectivity index (χ0v) is 10.8. The molecule has 0 aromatic heterocycles. The molecular formula is C15H16O4. The van der Waals surface area contributed by atoms with Crippen molar-refractivity contribution in [2.45, 2.75) is 25.4 Å². The van der Waals surface area contributed by atoms with Crippen molar-refractivity contribution < 1.29 is 19.1 Å². The predicted molar refractivity (Wildman–Crippen MR) is 69.6 cm³/mol. The summed E-state index contributed by atoms with van der Waals surface area (Å²) < 4.78 is 10.6. The summed E-state index contributed by atoms with van der Waals surface area (Å²) in [7, 11) is 0. The maximum absolute atomic E-state index is 11.8. The molecule has 1 aliphatic heterocycles. The van der Waals surface area contributed by atoms with E-state index in [0.29, 0.717) is 12.0 Å². The molecule has 1 aromatic rings. The second kappa shape index (κ2) is 5.69. The zero-order valence-electron chi connectivity index (χ0n) is 10.8. The van der Waals surface area contributed by atoms with E-state index in [1.807, 2.05) is 12.1 Å². The Bertz CT molecular complexity index is 492. The van der Waals surface area contributed by atoms with Crippen LogP contribution in [0.3, 0.4) is 0 Å². The first-order chi connectivity index (χ1) is 9.14. The predicted octanol–water partition coefficient (Wildman–Crippen LogP) is 2.50. The minimum atomic E-state index is -1.03. The van der Waals surface area contributed by atoms with E-state index >= 15 is 0 Å². The van der Waals surface area contributed by atoms with Crippen molar-refractivity contribution in [3.8, 4) is 0 Å². The molecular weight excluding hydrogens is 244 g/mol. The van der Waals surface area contributed by atoms with Gasteiger partial charge in [0.2, 0.25) is 0 Å². The van der Waals surface area contributed by atoms with Gasteiger partial charge in [0.1, 0.15) is 6.61 Å². The number of benzene rings is 1. The van der Waals surface area contributed by atoms with Crippen molar-refractivity contribution in [2.75, 3.05) is 6.61 Å². The fourth-order valence-corrected chi connectivity index (χ4v) is 1.93. The summed E-state index contributed by atoms with van der Waals surface area (Å²) in [5.41, 5.74) is -0.563. The normalized spacial score (nSPS) is 21.5. The number of ketones is 1. The Morgan fingerprint density at radius 1 is 1.32 bits per heavy atom. The summed E-state index contributed by atoms with van der Waals surface area (Å²) in [5, 5.41) is 0. The van der Waals surface area contributed by atoms with Crippen molar-refractivity contribution in [3.63, 3.8) is 0 Å². The molecule has 1 unspecified atom stereocenters. The lowest BCUT2D eigenvalue weighted by Gasteiger charge is -2.31. The number of carbonyl (C=O) groups is 2. The maximum Gasteiger partial charge on any atom is 0.338 e. The fraction of sp³-hybridized carbons (Fsp3) is 0.333. The monoisotopic (exact) mass is 260 g/mol. The number of hydrogen-bond acceptors (Lipinski definition) is 4. The molecule has 0 radical (unpaired) electrons. The maximum atomic E-state index is 11.8. The number of hydrogen-bond donors (Lipinski definition) is 0. The highest BCUT2D eigenvalue weighted by molar-refractivity contribution is 5.90. The van der Waals surface area contributed by atoms with Gasteiger partial charge in [0, 0.05) is 6.42 Å². The van der Waals surface area contributed by atoms with Gasteiger partial charge in [0.25, 0.3) is 0 Å². The van der Waals surface area contributed by atoms with E-state index in [4.69, 9.17) is 9.47 Å². The Balaban J connectivity index is 2.02. The van der Waals surface area contributed by atoms with E-state index < -0.39 is 11.6 Å². The quantitative estimate of drug-likeness (QED) is 0.780. The minimum Gasteiger partial charge on any atom is -0.484 e. The van der Waals surface area contributed by atoms with Gasteiger partial charge >= 0.3 is 5.97 Å². The summed E-state index contributed by atoms with van der Waals surface area (Å²) >= 11 is 0. The molecule has 0 bridgehead atoms. The van der Waals surface area contributed by atoms with Crippen LogP contribution in [0.5, 0.6) is 0 Å². The van der Waals surface area contributed by atoms with Crippen LogP contribution in [0.4, 0.5) is 0 Å². The number of allylic oxidation sites excluding steroid dienone is 1. The molecule has 2 rings (SSSR count). The first kappa shape index (κ1) is 13.3. The number of rotatable bonds is 4. The van der Waals surface area contributed by atoms with Gasteiger partial charge in [0.05, 0.1) is 11.8 Å². The van der Waals surface area contributed by atoms with Crippen molar-refractivity contribution in [2.24, 2.45) is 0 Å². The molecule has 1 atom stereocenters. The largest absolute Gasteiger partial charge is 0.484 e. The molecule has 100 valence electrons. The number of carbonyl (C=O) groups excluding carboxylic acids is 2. The zero-order chi connectivity index (χ0) is 13.7. The van der Waals surface area contributed by atoms with Gasteiger partial charge in [-0.1, -0.05) is 18.2 Å². The summed E-state index contributed by atoms with van der Waals surface area (Å²) in [5.74, 6) is -0.572. The molecule has 0 fully saturated rings. The third kappa shape index (κ3) is 3.02. The third-order valence-electron chi connectivity index (χ3n) is 3.19. The number of ether oxygens (including phenoxy) is 2. The van der Waals surface area contributed by atoms with Crippen LogP contribution in [0.1, 0.15) is 30.1 Å². The van der Waals surface area contributed by atoms with Crippen molar-refractivity contribution in [1.82, 2.24) is 0 Å². The molecule has 1 aromatic carbocycles. The first-order valence-corrected chi connectivity index (χ1v) is 6.20. The summed E-state index contributed by atoms with van der Waals surface area (Å²) in [6, 6.07) is 8.69. The lowest BCUT2D eigenvalue weighted by atomic mass is 9.92. The molecule has 4 nitrogen and oxygen atoms in total. The Labute approximate surface area is 112 Å². The number of Topliss-reactive ketones (excluding diaryl/α,β-unsaturated/α-hetero) is 1. The van der Waals surface area contributed by atoms with Crippen LogP contribution in [-0.2, 0) is 14.3 Å². The Morgan fingerprint density at radius 3 is 2.63 bits per heavy atom. The molecule has 1 aliphatic rings. The molecule has 19 heavy (non-hydrogen) atoms. The highest BCUT2D eigenvalue weighted by Gasteiger charge is 2.39. The average molecular weight is 260 g/mol. The molecule has 0 saturated carbocycles. The topological polar surface area (TPSA) is 52.6 Å². The molecule has 1 heterocycles. The third-order valence-corrected chi connectivity index (χ3v) is 3.19. The fourth-order valence-electron chi connectivity index (χ4n) is 1.93. The van der Waals surface area contributed by atoms with Crippen LogP contribution in [0.15, 0.2) is 42.7 Å². The molecule has 0 aliphatic carbocycles. The second-order valence-corrected chi connectivity index (χ2v) is 4.52. The van der Waals surface area contributed by atoms with Crippen LogP contribution < -0.4 is 0 Å². The molecule has 0 amide bonds. The van der Waals surface area contributed by atoms with E-state index in [-0.39, 0.29) is 12.4 Å². The van der Waals surface area contributed by atoms with Crippen molar-refractivity contribution in [3.05, 3.63) is 48.2 Å². The lowest BCUT2D eigenvalue weighted by molar-refractivity contribution is -0.142. The van der Waals surface area contributed by atoms with Crippen LogP contribution in [0.2, 0.25) is 0 Å². The lowest BCUT2D eigenvalue weighted by Crippen LogP contribution is -2.45. The van der Waals surface area contributed by atoms with Gasteiger partial charge in [-0.2, -0.15) is 0 Å². The second-order valence-electron chi connectivity index (χ2n) is 4.52. The van der Waals surface area contributed by atoms with Gasteiger partial charge < -0.3 is 9.47 Å². The summed E-state index contributed by atoms with van der Waals surface area (Å²) in [4.78, 5) is 23.6. The molecule has 0 spiro atoms. The van der Waals surface area contributed by atoms with Gasteiger partial charge in [-0.3, -0.25) is 4.79 Å². The van der Waals surface area contributed by atoms with E-state index in [1.54, 1.807) is 24.3 Å². The molecule has 0 N–H and O–H groups in total. The Morgan fingerprint density at radius 2 is 2.05 bits per heavy atom. The Hall–Kier alpha value is -2.10. The van der Waals surface area contributed by atoms with Crippen molar-refractivity contribution >= 4 is 11.8 Å². The van der Waals surface area contributed by atoms with Crippen LogP contribution in [-0.4, -0.2) is 24.0 Å². The van der Waals surface area contributed by atoms with E-state index in [0.717, 1.165) is 6.42 Å². The van der Waals surface area contributed by atoms with Crippen LogP contribution in [0.25, 0.3) is 0 Å². The van der Waals surface area contributed by atoms with Crippen molar-refractivity contribution in [1.29, 1.82) is 0 Å². The van der Waals surface area contributed by atoms with Gasteiger partial charge in [-0.05, 0) is 31.6 Å². The van der Waals surface area contributed by atoms with E-state index in [1.165, 1.54) is 13.2 Å². The smallest absolute Gasteiger partial charge is 0.338 e. The Kier molecular flexibility index (Phi) is 4.00. The number of esters is 1. The van der Waals surface area contributed by atoms with Crippen LogP contribution in [0, 0.1) is 0 Å². The van der Waals surface area contributed by atoms with Gasteiger partial charge in [-0.25, -0.2) is 4.79 Å². The minimum absolute atomic E-state index is 0.0552. The van der Waals surface area contributed by atoms with E-state index in [9.17, 15) is 9.59 Å². The highest BCUT2D eigenvalue weighted by Crippen LogP contribution is 2.25. The highest BCUT2D eigenvalue weighted by atomic mass is 16.6. The SMILES string of the molecule is CC(=O)C1(COC(=O)c2ccccc2)CCC=CO1. The molecule has 4 heteroatoms.